The molecule has 0 aromatic rings. The van der Waals surface area contributed by atoms with E-state index in [1.54, 1.807) is 6.08 Å². The number of ether oxygens (including phenoxy) is 4. The summed E-state index contributed by atoms with van der Waals surface area (Å²) in [6, 6.07) is -0.913. The summed E-state index contributed by atoms with van der Waals surface area (Å²) in [5.41, 5.74) is 0. The zero-order valence-electron chi connectivity index (χ0n) is 66.2. The molecule has 0 spiro atoms. The highest BCUT2D eigenvalue weighted by Gasteiger charge is 2.51. The fourth-order valence-electron chi connectivity index (χ4n) is 15.2. The number of hydrogen-bond donors (Lipinski definition) is 9. The second-order valence-electron chi connectivity index (χ2n) is 31.7. The predicted octanol–water partition coefficient (Wildman–Crippen LogP) is 21.2. The smallest absolute Gasteiger partial charge is 0.220 e. The van der Waals surface area contributed by atoms with Gasteiger partial charge in [0.05, 0.1) is 32.0 Å². The lowest BCUT2D eigenvalue weighted by Crippen LogP contribution is -2.65. The van der Waals surface area contributed by atoms with Gasteiger partial charge >= 0.3 is 0 Å². The molecule has 0 aromatic carbocycles. The molecule has 14 heteroatoms. The minimum absolute atomic E-state index is 0.227. The maximum absolute atomic E-state index is 13.4. The molecule has 2 saturated heterocycles. The van der Waals surface area contributed by atoms with Crippen LogP contribution in [0.3, 0.4) is 0 Å². The summed E-state index contributed by atoms with van der Waals surface area (Å²) in [5, 5.41) is 87.8. The summed E-state index contributed by atoms with van der Waals surface area (Å²) in [5.74, 6) is -0.227. The lowest BCUT2D eigenvalue weighted by Gasteiger charge is -2.46. The van der Waals surface area contributed by atoms with E-state index in [0.29, 0.717) is 0 Å². The average Bonchev–Trinajstić information content (AvgIpc) is 0.791. The second kappa shape index (κ2) is 71.6. The largest absolute Gasteiger partial charge is 0.394 e. The number of carbonyl (C=O) groups excluding carboxylic acids is 1. The summed E-state index contributed by atoms with van der Waals surface area (Å²) in [4.78, 5) is 13.4. The Balaban J connectivity index is 1.55. The monoisotopic (exact) mass is 1440 g/mol. The highest BCUT2D eigenvalue weighted by Crippen LogP contribution is 2.31. The first kappa shape index (κ1) is 95.8. The number of unbranched alkanes of at least 4 members (excludes halogenated alkanes) is 64. The Hall–Kier alpha value is -1.27. The lowest BCUT2D eigenvalue weighted by atomic mass is 9.97. The average molecular weight is 1440 g/mol. The first-order chi connectivity index (χ1) is 49.6. The third-order valence-corrected chi connectivity index (χ3v) is 22.2. The molecule has 2 aliphatic rings. The van der Waals surface area contributed by atoms with Crippen LogP contribution in [0.15, 0.2) is 12.2 Å². The van der Waals surface area contributed by atoms with Crippen molar-refractivity contribution in [2.45, 2.75) is 518 Å². The summed E-state index contributed by atoms with van der Waals surface area (Å²) in [6.07, 6.45) is 76.2. The van der Waals surface area contributed by atoms with E-state index < -0.39 is 86.8 Å². The summed E-state index contributed by atoms with van der Waals surface area (Å²) >= 11 is 0. The number of carbonyl (C=O) groups is 1. The molecule has 9 N–H and O–H groups in total. The van der Waals surface area contributed by atoms with Gasteiger partial charge in [-0.3, -0.25) is 4.79 Å². The molecule has 12 atom stereocenters. The Bertz CT molecular complexity index is 1740. The molecule has 0 bridgehead atoms. The van der Waals surface area contributed by atoms with Crippen LogP contribution in [-0.4, -0.2) is 140 Å². The summed E-state index contributed by atoms with van der Waals surface area (Å²) in [7, 11) is 0. The number of rotatable bonds is 77. The van der Waals surface area contributed by atoms with Crippen molar-refractivity contribution in [2.75, 3.05) is 19.8 Å². The van der Waals surface area contributed by atoms with Gasteiger partial charge in [-0.1, -0.05) is 431 Å². The number of amides is 1. The van der Waals surface area contributed by atoms with E-state index in [1.165, 1.54) is 379 Å². The van der Waals surface area contributed by atoms with E-state index in [9.17, 15) is 45.6 Å². The standard InChI is InChI=1S/C87H169NO13/c1-3-5-7-9-11-13-15-17-19-21-23-25-27-29-31-33-34-35-36-37-38-39-40-41-42-43-45-47-49-51-53-55-57-59-61-63-65-67-69-71-79(92)88-75(74-98-86-84(97)82(95)85(78(73-90)100-86)101-87-83(96)81(94)80(93)77(72-89)99-87)76(91)70-68-66-64-62-60-58-56-54-52-50-48-46-44-32-30-28-26-24-22-20-18-16-14-12-10-8-6-4-2/h68,70,75-78,80-87,89-91,93-97H,3-67,69,71-74H2,1-2H3,(H,88,92)/b70-68+. The van der Waals surface area contributed by atoms with E-state index in [0.717, 1.165) is 44.9 Å². The third-order valence-electron chi connectivity index (χ3n) is 22.2. The SMILES string of the molecule is CCCCCCCCCCCCCCCCCCCCCCCCCCCC/C=C/C(O)C(COC1OC(CO)C(OC2OC(CO)C(O)C(O)C2O)C(O)C1O)NC(=O)CCCCCCCCCCCCCCCCCCCCCCCCCCCCCCCCCCCCCCCCC. The molecule has 0 aromatic heterocycles. The molecule has 600 valence electrons. The fraction of sp³-hybridized carbons (Fsp3) is 0.966. The van der Waals surface area contributed by atoms with Gasteiger partial charge in [0.2, 0.25) is 5.91 Å². The van der Waals surface area contributed by atoms with Crippen molar-refractivity contribution in [2.24, 2.45) is 0 Å². The van der Waals surface area contributed by atoms with Gasteiger partial charge in [-0.15, -0.1) is 0 Å². The molecule has 0 aliphatic carbocycles. The Morgan fingerprint density at radius 1 is 0.347 bits per heavy atom. The number of hydrogen-bond acceptors (Lipinski definition) is 13. The van der Waals surface area contributed by atoms with E-state index >= 15 is 0 Å². The van der Waals surface area contributed by atoms with Gasteiger partial charge in [-0.05, 0) is 19.3 Å². The Morgan fingerprint density at radius 3 is 0.911 bits per heavy atom. The van der Waals surface area contributed by atoms with E-state index in [2.05, 4.69) is 19.2 Å². The van der Waals surface area contributed by atoms with Crippen LogP contribution >= 0.6 is 0 Å². The second-order valence-corrected chi connectivity index (χ2v) is 31.7. The molecule has 101 heavy (non-hydrogen) atoms. The van der Waals surface area contributed by atoms with Gasteiger partial charge in [0.1, 0.15) is 48.8 Å². The molecule has 1 amide bonds. The van der Waals surface area contributed by atoms with Crippen LogP contribution in [-0.2, 0) is 23.7 Å². The van der Waals surface area contributed by atoms with E-state index in [-0.39, 0.29) is 18.9 Å². The van der Waals surface area contributed by atoms with Crippen molar-refractivity contribution in [3.8, 4) is 0 Å². The maximum Gasteiger partial charge on any atom is 0.220 e. The van der Waals surface area contributed by atoms with Gasteiger partial charge in [-0.2, -0.15) is 0 Å². The predicted molar refractivity (Wildman–Crippen MR) is 420 cm³/mol. The summed E-state index contributed by atoms with van der Waals surface area (Å²) < 4.78 is 23.0. The topological polar surface area (TPSA) is 228 Å². The van der Waals surface area contributed by atoms with Crippen molar-refractivity contribution in [1.29, 1.82) is 0 Å². The highest BCUT2D eigenvalue weighted by molar-refractivity contribution is 5.76. The first-order valence-electron chi connectivity index (χ1n) is 44.4. The summed E-state index contributed by atoms with van der Waals surface area (Å²) in [6.45, 7) is 2.89. The maximum atomic E-state index is 13.4. The zero-order chi connectivity index (χ0) is 73.0. The minimum Gasteiger partial charge on any atom is -0.394 e. The van der Waals surface area contributed by atoms with Crippen LogP contribution in [0.2, 0.25) is 0 Å². The van der Waals surface area contributed by atoms with Gasteiger partial charge < -0.3 is 65.1 Å². The Morgan fingerprint density at radius 2 is 0.614 bits per heavy atom. The van der Waals surface area contributed by atoms with Crippen LogP contribution in [0, 0.1) is 0 Å². The molecule has 2 rings (SSSR count). The van der Waals surface area contributed by atoms with Gasteiger partial charge in [0, 0.05) is 6.42 Å². The van der Waals surface area contributed by atoms with Crippen LogP contribution in [0.25, 0.3) is 0 Å². The molecule has 2 aliphatic heterocycles. The Labute approximate surface area is 622 Å². The normalized spacial score (nSPS) is 21.7. The van der Waals surface area contributed by atoms with Crippen molar-refractivity contribution in [3.05, 3.63) is 12.2 Å². The number of allylic oxidation sites excluding steroid dienone is 1. The van der Waals surface area contributed by atoms with E-state index in [4.69, 9.17) is 18.9 Å². The van der Waals surface area contributed by atoms with Crippen molar-refractivity contribution in [1.82, 2.24) is 5.32 Å². The first-order valence-corrected chi connectivity index (χ1v) is 44.4. The lowest BCUT2D eigenvalue weighted by molar-refractivity contribution is -0.359. The van der Waals surface area contributed by atoms with Gasteiger partial charge in [0.25, 0.3) is 0 Å². The van der Waals surface area contributed by atoms with Gasteiger partial charge in [-0.25, -0.2) is 0 Å². The number of nitrogens with one attached hydrogen (secondary N) is 1. The van der Waals surface area contributed by atoms with Crippen molar-refractivity contribution < 1.29 is 64.6 Å². The quantitative estimate of drug-likeness (QED) is 0.0204. The third kappa shape index (κ3) is 54.1. The molecular formula is C87H169NO13. The van der Waals surface area contributed by atoms with Crippen LogP contribution in [0.4, 0.5) is 0 Å². The van der Waals surface area contributed by atoms with E-state index in [1.807, 2.05) is 6.08 Å². The molecule has 2 heterocycles. The molecular weight excluding hydrogens is 1270 g/mol. The van der Waals surface area contributed by atoms with Crippen LogP contribution in [0.1, 0.15) is 444 Å². The number of aliphatic hydroxyl groups excluding tert-OH is 8. The highest BCUT2D eigenvalue weighted by atomic mass is 16.7. The van der Waals surface area contributed by atoms with Crippen molar-refractivity contribution >= 4 is 5.91 Å². The minimum atomic E-state index is -1.79. The molecule has 2 fully saturated rings. The van der Waals surface area contributed by atoms with Gasteiger partial charge in [0.15, 0.2) is 12.6 Å². The Kier molecular flexibility index (Phi) is 68.0. The fourth-order valence-corrected chi connectivity index (χ4v) is 15.2. The van der Waals surface area contributed by atoms with Crippen molar-refractivity contribution in [3.63, 3.8) is 0 Å². The molecule has 14 nitrogen and oxygen atoms in total. The number of aliphatic hydroxyl groups is 8. The molecule has 12 unspecified atom stereocenters. The molecule has 0 saturated carbocycles. The van der Waals surface area contributed by atoms with Crippen LogP contribution in [0.5, 0.6) is 0 Å². The zero-order valence-corrected chi connectivity index (χ0v) is 66.2. The van der Waals surface area contributed by atoms with Crippen LogP contribution < -0.4 is 5.32 Å². The molecule has 0 radical (unpaired) electrons.